The van der Waals surface area contributed by atoms with E-state index in [1.807, 2.05) is 30.5 Å². The number of pyridine rings is 1. The Bertz CT molecular complexity index is 567. The van der Waals surface area contributed by atoms with Crippen LogP contribution in [0.3, 0.4) is 0 Å². The summed E-state index contributed by atoms with van der Waals surface area (Å²) in [5.41, 5.74) is 2.35. The first-order chi connectivity index (χ1) is 9.70. The number of rotatable bonds is 6. The number of aromatic nitrogens is 1. The van der Waals surface area contributed by atoms with Gasteiger partial charge in [-0.2, -0.15) is 0 Å². The first-order valence-corrected chi connectivity index (χ1v) is 7.59. The number of amides is 1. The number of thiophene rings is 1. The Morgan fingerprint density at radius 2 is 2.30 bits per heavy atom. The predicted molar refractivity (Wildman–Crippen MR) is 83.2 cm³/mol. The number of carbonyl (C=O) groups is 1. The molecular weight excluding hydrogens is 270 g/mol. The van der Waals surface area contributed by atoms with Crippen LogP contribution in [0.1, 0.15) is 34.3 Å². The molecule has 0 saturated carbocycles. The number of anilines is 1. The molecule has 0 spiro atoms. The van der Waals surface area contributed by atoms with Gasteiger partial charge in [-0.15, -0.1) is 11.3 Å². The van der Waals surface area contributed by atoms with Gasteiger partial charge in [-0.3, -0.25) is 9.78 Å². The van der Waals surface area contributed by atoms with Gasteiger partial charge in [-0.1, -0.05) is 13.0 Å². The van der Waals surface area contributed by atoms with Gasteiger partial charge in [0.2, 0.25) is 0 Å². The number of hydrogen-bond donors (Lipinski definition) is 2. The second-order valence-electron chi connectivity index (χ2n) is 4.56. The van der Waals surface area contributed by atoms with Gasteiger partial charge >= 0.3 is 0 Å². The van der Waals surface area contributed by atoms with Crippen LogP contribution in [0.4, 0.5) is 5.69 Å². The second-order valence-corrected chi connectivity index (χ2v) is 5.59. The largest absolute Gasteiger partial charge is 0.384 e. The maximum atomic E-state index is 12.2. The lowest BCUT2D eigenvalue weighted by molar-refractivity contribution is 0.0951. The Morgan fingerprint density at radius 1 is 1.45 bits per heavy atom. The fourth-order valence-corrected chi connectivity index (χ4v) is 2.47. The van der Waals surface area contributed by atoms with Crippen LogP contribution < -0.4 is 10.6 Å². The summed E-state index contributed by atoms with van der Waals surface area (Å²) in [6.07, 6.45) is 2.65. The van der Waals surface area contributed by atoms with Gasteiger partial charge in [0.05, 0.1) is 17.8 Å². The van der Waals surface area contributed by atoms with Gasteiger partial charge < -0.3 is 10.6 Å². The van der Waals surface area contributed by atoms with Gasteiger partial charge in [-0.05, 0) is 30.9 Å². The van der Waals surface area contributed by atoms with Gasteiger partial charge in [-0.25, -0.2) is 0 Å². The average Bonchev–Trinajstić information content (AvgIpc) is 2.96. The van der Waals surface area contributed by atoms with E-state index in [-0.39, 0.29) is 5.91 Å². The number of nitrogens with zero attached hydrogens (tertiary/aromatic N) is 1. The van der Waals surface area contributed by atoms with E-state index in [0.717, 1.165) is 29.2 Å². The Balaban J connectivity index is 2.07. The summed E-state index contributed by atoms with van der Waals surface area (Å²) in [7, 11) is 0. The van der Waals surface area contributed by atoms with Gasteiger partial charge in [0.1, 0.15) is 0 Å². The lowest BCUT2D eigenvalue weighted by atomic mass is 10.2. The molecule has 0 saturated heterocycles. The van der Waals surface area contributed by atoms with E-state index < -0.39 is 0 Å². The zero-order chi connectivity index (χ0) is 14.4. The summed E-state index contributed by atoms with van der Waals surface area (Å²) in [5.74, 6) is -0.0931. The van der Waals surface area contributed by atoms with Crippen LogP contribution in [0, 0.1) is 6.92 Å². The molecule has 0 aliphatic rings. The third kappa shape index (κ3) is 3.81. The molecule has 2 heterocycles. The van der Waals surface area contributed by atoms with Crippen LogP contribution in [-0.2, 0) is 6.54 Å². The highest BCUT2D eigenvalue weighted by Crippen LogP contribution is 2.16. The molecule has 0 aliphatic carbocycles. The molecule has 0 atom stereocenters. The molecule has 0 aromatic carbocycles. The standard InChI is InChI=1S/C15H19N3OS/c1-3-6-16-14-8-11(2)17-10-13(14)15(19)18-9-12-5-4-7-20-12/h4-5,7-8,10H,3,6,9H2,1-2H3,(H,16,17)(H,18,19). The smallest absolute Gasteiger partial charge is 0.255 e. The quantitative estimate of drug-likeness (QED) is 0.858. The maximum absolute atomic E-state index is 12.2. The van der Waals surface area contributed by atoms with Crippen molar-refractivity contribution in [3.05, 3.63) is 45.9 Å². The first kappa shape index (κ1) is 14.5. The van der Waals surface area contributed by atoms with Crippen molar-refractivity contribution in [1.29, 1.82) is 0 Å². The summed E-state index contributed by atoms with van der Waals surface area (Å²) in [6.45, 7) is 5.41. The monoisotopic (exact) mass is 289 g/mol. The molecule has 20 heavy (non-hydrogen) atoms. The molecule has 0 bridgehead atoms. The minimum atomic E-state index is -0.0931. The molecule has 0 unspecified atom stereocenters. The van der Waals surface area contributed by atoms with Gasteiger partial charge in [0, 0.05) is 23.3 Å². The van der Waals surface area contributed by atoms with E-state index in [9.17, 15) is 4.79 Å². The van der Waals surface area contributed by atoms with Crippen molar-refractivity contribution in [1.82, 2.24) is 10.3 Å². The fourth-order valence-electron chi connectivity index (χ4n) is 1.82. The van der Waals surface area contributed by atoms with Crippen molar-refractivity contribution in [3.8, 4) is 0 Å². The number of aryl methyl sites for hydroxylation is 1. The van der Waals surface area contributed by atoms with Gasteiger partial charge in [0.25, 0.3) is 5.91 Å². The van der Waals surface area contributed by atoms with Crippen molar-refractivity contribution in [2.24, 2.45) is 0 Å². The van der Waals surface area contributed by atoms with Crippen LogP contribution in [0.5, 0.6) is 0 Å². The molecule has 2 rings (SSSR count). The lowest BCUT2D eigenvalue weighted by Gasteiger charge is -2.12. The molecule has 2 N–H and O–H groups in total. The third-order valence-corrected chi connectivity index (χ3v) is 3.73. The zero-order valence-electron chi connectivity index (χ0n) is 11.8. The molecular formula is C15H19N3OS. The number of carbonyl (C=O) groups excluding carboxylic acids is 1. The van der Waals surface area contributed by atoms with Crippen LogP contribution >= 0.6 is 11.3 Å². The highest BCUT2D eigenvalue weighted by molar-refractivity contribution is 7.09. The van der Waals surface area contributed by atoms with Crippen molar-refractivity contribution in [3.63, 3.8) is 0 Å². The summed E-state index contributed by atoms with van der Waals surface area (Å²) in [4.78, 5) is 17.6. The van der Waals surface area contributed by atoms with Crippen LogP contribution in [-0.4, -0.2) is 17.4 Å². The summed E-state index contributed by atoms with van der Waals surface area (Å²) >= 11 is 1.63. The Labute approximate surface area is 123 Å². The Kier molecular flexibility index (Phi) is 5.12. The molecule has 1 amide bonds. The van der Waals surface area contributed by atoms with Crippen molar-refractivity contribution >= 4 is 22.9 Å². The van der Waals surface area contributed by atoms with Crippen molar-refractivity contribution in [2.75, 3.05) is 11.9 Å². The van der Waals surface area contributed by atoms with Crippen molar-refractivity contribution in [2.45, 2.75) is 26.8 Å². The third-order valence-electron chi connectivity index (χ3n) is 2.85. The fraction of sp³-hybridized carbons (Fsp3) is 0.333. The number of nitrogens with one attached hydrogen (secondary N) is 2. The molecule has 106 valence electrons. The van der Waals surface area contributed by atoms with E-state index in [2.05, 4.69) is 22.5 Å². The highest BCUT2D eigenvalue weighted by atomic mass is 32.1. The van der Waals surface area contributed by atoms with E-state index in [1.165, 1.54) is 0 Å². The molecule has 2 aromatic rings. The molecule has 0 radical (unpaired) electrons. The Morgan fingerprint density at radius 3 is 3.00 bits per heavy atom. The minimum absolute atomic E-state index is 0.0931. The molecule has 0 fully saturated rings. The summed E-state index contributed by atoms with van der Waals surface area (Å²) in [6, 6.07) is 5.90. The van der Waals surface area contributed by atoms with E-state index in [4.69, 9.17) is 0 Å². The predicted octanol–water partition coefficient (Wildman–Crippen LogP) is 3.20. The lowest BCUT2D eigenvalue weighted by Crippen LogP contribution is -2.24. The molecule has 5 heteroatoms. The van der Waals surface area contributed by atoms with Crippen LogP contribution in [0.2, 0.25) is 0 Å². The number of hydrogen-bond acceptors (Lipinski definition) is 4. The van der Waals surface area contributed by atoms with E-state index >= 15 is 0 Å². The minimum Gasteiger partial charge on any atom is -0.384 e. The van der Waals surface area contributed by atoms with Gasteiger partial charge in [0.15, 0.2) is 0 Å². The molecule has 2 aromatic heterocycles. The van der Waals surface area contributed by atoms with E-state index in [0.29, 0.717) is 12.1 Å². The second kappa shape index (κ2) is 7.05. The normalized spacial score (nSPS) is 10.3. The van der Waals surface area contributed by atoms with E-state index in [1.54, 1.807) is 17.5 Å². The zero-order valence-corrected chi connectivity index (χ0v) is 12.6. The SMILES string of the molecule is CCCNc1cc(C)ncc1C(=O)NCc1cccs1. The summed E-state index contributed by atoms with van der Waals surface area (Å²) < 4.78 is 0. The van der Waals surface area contributed by atoms with Crippen LogP contribution in [0.15, 0.2) is 29.8 Å². The highest BCUT2D eigenvalue weighted by Gasteiger charge is 2.12. The topological polar surface area (TPSA) is 54.0 Å². The average molecular weight is 289 g/mol. The van der Waals surface area contributed by atoms with Crippen LogP contribution in [0.25, 0.3) is 0 Å². The first-order valence-electron chi connectivity index (χ1n) is 6.71. The molecule has 4 nitrogen and oxygen atoms in total. The summed E-state index contributed by atoms with van der Waals surface area (Å²) in [5, 5.41) is 8.21. The van der Waals surface area contributed by atoms with Crippen molar-refractivity contribution < 1.29 is 4.79 Å². The maximum Gasteiger partial charge on any atom is 0.255 e. The molecule has 0 aliphatic heterocycles. The Hall–Kier alpha value is -1.88.